The zero-order chi connectivity index (χ0) is 20.6. The van der Waals surface area contributed by atoms with Gasteiger partial charge in [0.25, 0.3) is 0 Å². The topological polar surface area (TPSA) is 68.2 Å². The van der Waals surface area contributed by atoms with Crippen LogP contribution in [0, 0.1) is 6.92 Å². The van der Waals surface area contributed by atoms with Gasteiger partial charge in [0.05, 0.1) is 0 Å². The zero-order valence-corrected chi connectivity index (χ0v) is 17.1. The first-order valence-electron chi connectivity index (χ1n) is 10.0. The molecule has 6 nitrogen and oxygen atoms in total. The van der Waals surface area contributed by atoms with Gasteiger partial charge in [0.2, 0.25) is 6.79 Å². The summed E-state index contributed by atoms with van der Waals surface area (Å²) in [5, 5.41) is 10.5. The Bertz CT molecular complexity index is 823. The molecule has 6 heteroatoms. The Morgan fingerprint density at radius 3 is 2.76 bits per heavy atom. The monoisotopic (exact) mass is 399 g/mol. The number of hydrogen-bond donors (Lipinski definition) is 1. The lowest BCUT2D eigenvalue weighted by Crippen LogP contribution is -2.35. The van der Waals surface area contributed by atoms with Gasteiger partial charge in [-0.2, -0.15) is 0 Å². The van der Waals surface area contributed by atoms with Gasteiger partial charge in [0.1, 0.15) is 12.7 Å². The molecule has 0 aliphatic carbocycles. The van der Waals surface area contributed by atoms with Crippen molar-refractivity contribution in [2.45, 2.75) is 45.9 Å². The molecule has 1 heterocycles. The number of rotatable bonds is 10. The highest BCUT2D eigenvalue weighted by molar-refractivity contribution is 5.69. The van der Waals surface area contributed by atoms with Crippen LogP contribution >= 0.6 is 0 Å². The Labute approximate surface area is 172 Å². The predicted octanol–water partition coefficient (Wildman–Crippen LogP) is 3.43. The molecule has 0 amide bonds. The molecule has 1 aliphatic heterocycles. The maximum atomic E-state index is 11.6. The number of benzene rings is 2. The maximum Gasteiger partial charge on any atom is 0.305 e. The van der Waals surface area contributed by atoms with E-state index in [1.165, 1.54) is 11.1 Å². The van der Waals surface area contributed by atoms with Crippen LogP contribution in [0.4, 0.5) is 0 Å². The van der Waals surface area contributed by atoms with Crippen molar-refractivity contribution >= 4 is 5.97 Å². The van der Waals surface area contributed by atoms with E-state index in [1.54, 1.807) is 0 Å². The standard InChI is InChI=1S/C23H29NO5/c1-3-6-23(26)27-15-20(25)14-24(13-19-8-5-4-7-17(19)2)12-18-9-10-21-22(11-18)29-16-28-21/h4-5,7-11,20,25H,3,6,12-16H2,1-2H3/t20-/m1/s1. The van der Waals surface area contributed by atoms with Crippen LogP contribution in [0.2, 0.25) is 0 Å². The molecule has 2 aromatic carbocycles. The third-order valence-electron chi connectivity index (χ3n) is 4.86. The quantitative estimate of drug-likeness (QED) is 0.618. The summed E-state index contributed by atoms with van der Waals surface area (Å²) in [6, 6.07) is 14.1. The minimum Gasteiger partial charge on any atom is -0.463 e. The summed E-state index contributed by atoms with van der Waals surface area (Å²) >= 11 is 0. The highest BCUT2D eigenvalue weighted by Gasteiger charge is 2.18. The van der Waals surface area contributed by atoms with E-state index in [4.69, 9.17) is 14.2 Å². The van der Waals surface area contributed by atoms with Crippen molar-refractivity contribution in [1.82, 2.24) is 4.90 Å². The second kappa shape index (κ2) is 10.3. The number of aryl methyl sites for hydroxylation is 1. The number of ether oxygens (including phenoxy) is 3. The van der Waals surface area contributed by atoms with Gasteiger partial charge in [-0.25, -0.2) is 0 Å². The van der Waals surface area contributed by atoms with E-state index in [1.807, 2.05) is 37.3 Å². The van der Waals surface area contributed by atoms with Crippen LogP contribution in [-0.4, -0.2) is 42.0 Å². The highest BCUT2D eigenvalue weighted by Crippen LogP contribution is 2.33. The third kappa shape index (κ3) is 6.21. The number of nitrogens with zero attached hydrogens (tertiary/aromatic N) is 1. The lowest BCUT2D eigenvalue weighted by Gasteiger charge is -2.26. The van der Waals surface area contributed by atoms with Crippen molar-refractivity contribution in [3.05, 3.63) is 59.2 Å². The first-order valence-corrected chi connectivity index (χ1v) is 10.0. The summed E-state index contributed by atoms with van der Waals surface area (Å²) in [5.74, 6) is 1.22. The van der Waals surface area contributed by atoms with Crippen LogP contribution in [0.5, 0.6) is 11.5 Å². The van der Waals surface area contributed by atoms with Crippen molar-refractivity contribution in [3.63, 3.8) is 0 Å². The molecule has 1 atom stereocenters. The van der Waals surface area contributed by atoms with Crippen LogP contribution in [0.25, 0.3) is 0 Å². The van der Waals surface area contributed by atoms with Gasteiger partial charge in [0, 0.05) is 26.1 Å². The number of carbonyl (C=O) groups is 1. The molecule has 0 bridgehead atoms. The molecule has 0 fully saturated rings. The number of fused-ring (bicyclic) bond motifs is 1. The van der Waals surface area contributed by atoms with E-state index in [0.717, 1.165) is 23.5 Å². The van der Waals surface area contributed by atoms with Crippen molar-refractivity contribution < 1.29 is 24.1 Å². The SMILES string of the molecule is CCCC(=O)OC[C@H](O)CN(Cc1ccc2c(c1)OCO2)Cc1ccccc1C. The van der Waals surface area contributed by atoms with Crippen LogP contribution in [0.3, 0.4) is 0 Å². The summed E-state index contributed by atoms with van der Waals surface area (Å²) in [4.78, 5) is 13.7. The zero-order valence-electron chi connectivity index (χ0n) is 17.1. The van der Waals surface area contributed by atoms with E-state index >= 15 is 0 Å². The highest BCUT2D eigenvalue weighted by atomic mass is 16.7. The summed E-state index contributed by atoms with van der Waals surface area (Å²) in [6.45, 7) is 5.95. The second-order valence-electron chi connectivity index (χ2n) is 7.37. The maximum absolute atomic E-state index is 11.6. The van der Waals surface area contributed by atoms with Crippen LogP contribution < -0.4 is 9.47 Å². The Balaban J connectivity index is 1.67. The molecular weight excluding hydrogens is 370 g/mol. The first-order chi connectivity index (χ1) is 14.0. The fourth-order valence-corrected chi connectivity index (χ4v) is 3.33. The summed E-state index contributed by atoms with van der Waals surface area (Å²) in [6.07, 6.45) is 0.351. The van der Waals surface area contributed by atoms with E-state index in [9.17, 15) is 9.90 Å². The number of hydrogen-bond acceptors (Lipinski definition) is 6. The molecule has 0 saturated heterocycles. The van der Waals surface area contributed by atoms with Crippen molar-refractivity contribution in [2.75, 3.05) is 19.9 Å². The van der Waals surface area contributed by atoms with Crippen molar-refractivity contribution in [3.8, 4) is 11.5 Å². The molecule has 0 unspecified atom stereocenters. The largest absolute Gasteiger partial charge is 0.463 e. The number of aliphatic hydroxyl groups is 1. The summed E-state index contributed by atoms with van der Waals surface area (Å²) < 4.78 is 16.0. The summed E-state index contributed by atoms with van der Waals surface area (Å²) in [5.41, 5.74) is 3.47. The Morgan fingerprint density at radius 2 is 1.97 bits per heavy atom. The fourth-order valence-electron chi connectivity index (χ4n) is 3.33. The number of carbonyl (C=O) groups excluding carboxylic acids is 1. The minimum absolute atomic E-state index is 0.00421. The molecule has 0 radical (unpaired) electrons. The van der Waals surface area contributed by atoms with E-state index < -0.39 is 6.10 Å². The molecule has 0 saturated carbocycles. The third-order valence-corrected chi connectivity index (χ3v) is 4.86. The normalized spacial score (nSPS) is 13.5. The minimum atomic E-state index is -0.756. The van der Waals surface area contributed by atoms with Gasteiger partial charge in [-0.1, -0.05) is 37.3 Å². The second-order valence-corrected chi connectivity index (χ2v) is 7.37. The Morgan fingerprint density at radius 1 is 1.17 bits per heavy atom. The summed E-state index contributed by atoms with van der Waals surface area (Å²) in [7, 11) is 0. The van der Waals surface area contributed by atoms with Crippen molar-refractivity contribution in [2.24, 2.45) is 0 Å². The Kier molecular flexibility index (Phi) is 7.49. The van der Waals surface area contributed by atoms with E-state index in [0.29, 0.717) is 26.1 Å². The lowest BCUT2D eigenvalue weighted by atomic mass is 10.1. The lowest BCUT2D eigenvalue weighted by molar-refractivity contribution is -0.147. The number of aliphatic hydroxyl groups excluding tert-OH is 1. The van der Waals surface area contributed by atoms with Crippen LogP contribution in [0.1, 0.15) is 36.5 Å². The molecular formula is C23H29NO5. The molecule has 0 aromatic heterocycles. The molecule has 156 valence electrons. The average molecular weight is 399 g/mol. The predicted molar refractivity (Wildman–Crippen MR) is 110 cm³/mol. The van der Waals surface area contributed by atoms with E-state index in [-0.39, 0.29) is 19.4 Å². The van der Waals surface area contributed by atoms with Gasteiger partial charge >= 0.3 is 5.97 Å². The molecule has 0 spiro atoms. The Hall–Kier alpha value is -2.57. The fraction of sp³-hybridized carbons (Fsp3) is 0.435. The van der Waals surface area contributed by atoms with E-state index in [2.05, 4.69) is 24.0 Å². The molecule has 1 N–H and O–H groups in total. The van der Waals surface area contributed by atoms with Gasteiger partial charge < -0.3 is 19.3 Å². The molecule has 1 aliphatic rings. The average Bonchev–Trinajstić information content (AvgIpc) is 3.16. The van der Waals surface area contributed by atoms with Gasteiger partial charge in [-0.3, -0.25) is 9.69 Å². The number of esters is 1. The van der Waals surface area contributed by atoms with Gasteiger partial charge in [-0.15, -0.1) is 0 Å². The van der Waals surface area contributed by atoms with Gasteiger partial charge in [-0.05, 0) is 42.2 Å². The first kappa shape index (κ1) is 21.1. The van der Waals surface area contributed by atoms with Crippen molar-refractivity contribution in [1.29, 1.82) is 0 Å². The van der Waals surface area contributed by atoms with Crippen LogP contribution in [-0.2, 0) is 22.6 Å². The molecule has 29 heavy (non-hydrogen) atoms. The smallest absolute Gasteiger partial charge is 0.305 e. The molecule has 2 aromatic rings. The van der Waals surface area contributed by atoms with Gasteiger partial charge in [0.15, 0.2) is 11.5 Å². The molecule has 3 rings (SSSR count). The van der Waals surface area contributed by atoms with Crippen LogP contribution in [0.15, 0.2) is 42.5 Å².